The van der Waals surface area contributed by atoms with E-state index in [-0.39, 0.29) is 38.6 Å². The Morgan fingerprint density at radius 1 is 0.443 bits per heavy atom. The normalized spacial score (nSPS) is 13.7. The number of nitrogens with two attached hydrogens (primary N) is 1. The van der Waals surface area contributed by atoms with Crippen molar-refractivity contribution in [3.63, 3.8) is 0 Å². The molecule has 0 amide bonds. The zero-order valence-corrected chi connectivity index (χ0v) is 45.9. The quantitative estimate of drug-likeness (QED) is 0.0264. The Morgan fingerprint density at radius 2 is 0.786 bits per heavy atom. The van der Waals surface area contributed by atoms with E-state index in [2.05, 4.69) is 98.9 Å². The minimum atomic E-state index is -4.38. The maximum Gasteiger partial charge on any atom is 0.472 e. The molecule has 0 heterocycles. The molecule has 0 aliphatic rings. The van der Waals surface area contributed by atoms with E-state index in [1.807, 2.05) is 0 Å². The summed E-state index contributed by atoms with van der Waals surface area (Å²) in [5.41, 5.74) is 5.36. The van der Waals surface area contributed by atoms with Gasteiger partial charge in [-0.1, -0.05) is 253 Å². The Kier molecular flexibility index (Phi) is 53.3. The van der Waals surface area contributed by atoms with Crippen molar-refractivity contribution >= 4 is 19.8 Å². The lowest BCUT2D eigenvalue weighted by molar-refractivity contribution is -0.161. The predicted octanol–water partition coefficient (Wildman–Crippen LogP) is 17.9. The summed E-state index contributed by atoms with van der Waals surface area (Å²) in [6.45, 7) is 3.60. The van der Waals surface area contributed by atoms with Gasteiger partial charge in [0.1, 0.15) is 6.61 Å². The fourth-order valence-electron chi connectivity index (χ4n) is 7.85. The fraction of sp³-hybridized carbons (Fsp3) is 0.733. The van der Waals surface area contributed by atoms with E-state index in [9.17, 15) is 19.0 Å². The highest BCUT2D eigenvalue weighted by molar-refractivity contribution is 7.47. The third-order valence-corrected chi connectivity index (χ3v) is 13.0. The lowest BCUT2D eigenvalue weighted by atomic mass is 10.0. The van der Waals surface area contributed by atoms with Crippen molar-refractivity contribution in [2.45, 2.75) is 258 Å². The molecule has 0 saturated heterocycles. The van der Waals surface area contributed by atoms with Gasteiger partial charge < -0.3 is 20.1 Å². The van der Waals surface area contributed by atoms with E-state index in [0.717, 1.165) is 83.5 Å². The molecule has 0 bridgehead atoms. The zero-order chi connectivity index (χ0) is 51.0. The van der Waals surface area contributed by atoms with E-state index in [1.165, 1.54) is 135 Å². The molecule has 404 valence electrons. The van der Waals surface area contributed by atoms with E-state index >= 15 is 0 Å². The predicted molar refractivity (Wildman–Crippen MR) is 298 cm³/mol. The Labute approximate surface area is 430 Å². The van der Waals surface area contributed by atoms with Crippen LogP contribution < -0.4 is 5.73 Å². The minimum Gasteiger partial charge on any atom is -0.462 e. The number of phosphoric ester groups is 1. The van der Waals surface area contributed by atoms with E-state index < -0.39 is 26.5 Å². The Hall–Kier alpha value is -2.81. The highest BCUT2D eigenvalue weighted by Gasteiger charge is 2.26. The molecule has 0 radical (unpaired) electrons. The van der Waals surface area contributed by atoms with Gasteiger partial charge in [0, 0.05) is 19.4 Å². The number of hydrogen-bond donors (Lipinski definition) is 2. The van der Waals surface area contributed by atoms with Gasteiger partial charge in [-0.15, -0.1) is 0 Å². The summed E-state index contributed by atoms with van der Waals surface area (Å²) in [6, 6.07) is 0. The van der Waals surface area contributed by atoms with Gasteiger partial charge in [-0.05, 0) is 70.6 Å². The third kappa shape index (κ3) is 54.5. The molecular formula is C60H106NO8P. The van der Waals surface area contributed by atoms with Gasteiger partial charge in [-0.3, -0.25) is 18.6 Å². The first kappa shape index (κ1) is 67.2. The number of phosphoric acid groups is 1. The number of carbonyl (C=O) groups excluding carboxylic acids is 2. The standard InChI is InChI=1S/C60H106NO8P/c1-3-5-7-9-11-13-14-15-16-17-18-19-20-21-22-23-24-25-26-27-28-29-30-31-32-33-34-35-36-37-38-39-40-41-42-43-44-45-47-49-51-53-60(63)69-58(57-68-70(64,65)67-55-54-61)56-66-59(62)52-50-48-46-12-10-8-6-4-2/h5,7,11,13,15-16,18-19,21-22,24-25,27-28,58H,3-4,6,8-10,12,14,17,20,23,26,29-57,61H2,1-2H3,(H,64,65)/b7-5-,13-11-,16-15-,19-18-,22-21-,25-24-,28-27-. The largest absolute Gasteiger partial charge is 0.472 e. The van der Waals surface area contributed by atoms with Crippen LogP contribution in [-0.2, 0) is 32.7 Å². The molecule has 0 spiro atoms. The molecule has 10 heteroatoms. The first-order chi connectivity index (χ1) is 34.3. The first-order valence-corrected chi connectivity index (χ1v) is 30.1. The number of unbranched alkanes of at least 4 members (excludes halogenated alkanes) is 26. The van der Waals surface area contributed by atoms with Crippen LogP contribution >= 0.6 is 7.82 Å². The van der Waals surface area contributed by atoms with Crippen LogP contribution in [0.4, 0.5) is 0 Å². The van der Waals surface area contributed by atoms with E-state index in [1.54, 1.807) is 0 Å². The fourth-order valence-corrected chi connectivity index (χ4v) is 8.62. The third-order valence-electron chi connectivity index (χ3n) is 12.0. The Bertz CT molecular complexity index is 1420. The molecule has 0 saturated carbocycles. The summed E-state index contributed by atoms with van der Waals surface area (Å²) in [7, 11) is -4.38. The molecule has 0 aliphatic heterocycles. The lowest BCUT2D eigenvalue weighted by Gasteiger charge is -2.19. The molecule has 70 heavy (non-hydrogen) atoms. The van der Waals surface area contributed by atoms with Crippen molar-refractivity contribution in [1.82, 2.24) is 0 Å². The number of rotatable bonds is 53. The number of allylic oxidation sites excluding steroid dienone is 14. The maximum atomic E-state index is 12.6. The molecular weight excluding hydrogens is 894 g/mol. The van der Waals surface area contributed by atoms with Crippen LogP contribution in [0, 0.1) is 0 Å². The molecule has 9 nitrogen and oxygen atoms in total. The van der Waals surface area contributed by atoms with Crippen molar-refractivity contribution in [3.05, 3.63) is 85.1 Å². The Morgan fingerprint density at radius 3 is 1.17 bits per heavy atom. The average molecular weight is 1000 g/mol. The molecule has 0 aromatic rings. The van der Waals surface area contributed by atoms with Crippen molar-refractivity contribution in [1.29, 1.82) is 0 Å². The number of esters is 2. The highest BCUT2D eigenvalue weighted by Crippen LogP contribution is 2.43. The highest BCUT2D eigenvalue weighted by atomic mass is 31.2. The second-order valence-corrected chi connectivity index (χ2v) is 20.2. The summed E-state index contributed by atoms with van der Waals surface area (Å²) in [5, 5.41) is 0. The summed E-state index contributed by atoms with van der Waals surface area (Å²) in [4.78, 5) is 34.9. The molecule has 0 aliphatic carbocycles. The number of ether oxygens (including phenoxy) is 2. The maximum absolute atomic E-state index is 12.6. The van der Waals surface area contributed by atoms with Crippen LogP contribution in [0.15, 0.2) is 85.1 Å². The molecule has 0 aromatic carbocycles. The van der Waals surface area contributed by atoms with Gasteiger partial charge in [-0.2, -0.15) is 0 Å². The first-order valence-electron chi connectivity index (χ1n) is 28.6. The number of carbonyl (C=O) groups is 2. The minimum absolute atomic E-state index is 0.0535. The molecule has 2 unspecified atom stereocenters. The van der Waals surface area contributed by atoms with Crippen LogP contribution in [0.2, 0.25) is 0 Å². The van der Waals surface area contributed by atoms with Crippen LogP contribution in [-0.4, -0.2) is 49.3 Å². The molecule has 0 aromatic heterocycles. The zero-order valence-electron chi connectivity index (χ0n) is 45.0. The van der Waals surface area contributed by atoms with Crippen molar-refractivity contribution in [3.8, 4) is 0 Å². The van der Waals surface area contributed by atoms with Gasteiger partial charge in [-0.25, -0.2) is 4.57 Å². The Balaban J connectivity index is 3.74. The van der Waals surface area contributed by atoms with Crippen LogP contribution in [0.3, 0.4) is 0 Å². The average Bonchev–Trinajstić information content (AvgIpc) is 3.35. The monoisotopic (exact) mass is 1000 g/mol. The molecule has 2 atom stereocenters. The second-order valence-electron chi connectivity index (χ2n) is 18.8. The van der Waals surface area contributed by atoms with Crippen molar-refractivity contribution < 1.29 is 37.6 Å². The second kappa shape index (κ2) is 55.5. The summed E-state index contributed by atoms with van der Waals surface area (Å²) < 4.78 is 32.8. The number of hydrogen-bond acceptors (Lipinski definition) is 8. The van der Waals surface area contributed by atoms with Gasteiger partial charge in [0.25, 0.3) is 0 Å². The van der Waals surface area contributed by atoms with Gasteiger partial charge in [0.15, 0.2) is 6.10 Å². The smallest absolute Gasteiger partial charge is 0.462 e. The molecule has 0 rings (SSSR count). The van der Waals surface area contributed by atoms with Gasteiger partial charge in [0.2, 0.25) is 0 Å². The van der Waals surface area contributed by atoms with Crippen molar-refractivity contribution in [2.75, 3.05) is 26.4 Å². The lowest BCUT2D eigenvalue weighted by Crippen LogP contribution is -2.29. The summed E-state index contributed by atoms with van der Waals surface area (Å²) in [5.74, 6) is -0.827. The van der Waals surface area contributed by atoms with E-state index in [0.29, 0.717) is 6.42 Å². The van der Waals surface area contributed by atoms with Crippen LogP contribution in [0.1, 0.15) is 251 Å². The molecule has 0 fully saturated rings. The van der Waals surface area contributed by atoms with Crippen molar-refractivity contribution in [2.24, 2.45) is 5.73 Å². The topological polar surface area (TPSA) is 134 Å². The van der Waals surface area contributed by atoms with E-state index in [4.69, 9.17) is 24.3 Å². The molecule has 3 N–H and O–H groups in total. The summed E-state index contributed by atoms with van der Waals surface area (Å²) >= 11 is 0. The summed E-state index contributed by atoms with van der Waals surface area (Å²) in [6.07, 6.45) is 72.6. The SMILES string of the molecule is CC/C=C\C/C=C\C/C=C\C/C=C\C/C=C\C/C=C\C/C=C\CCCCCCCCCCCCCCCCCCCCCC(=O)OC(COC(=O)CCCCCCCCCC)COP(=O)(O)OCCN. The van der Waals surface area contributed by atoms with Crippen LogP contribution in [0.25, 0.3) is 0 Å². The van der Waals surface area contributed by atoms with Crippen LogP contribution in [0.5, 0.6) is 0 Å². The van der Waals surface area contributed by atoms with Gasteiger partial charge in [0.05, 0.1) is 13.2 Å². The van der Waals surface area contributed by atoms with Gasteiger partial charge >= 0.3 is 19.8 Å².